The van der Waals surface area contributed by atoms with E-state index in [0.717, 1.165) is 95.3 Å². The topological polar surface area (TPSA) is 166 Å². The van der Waals surface area contributed by atoms with E-state index < -0.39 is 30.0 Å². The van der Waals surface area contributed by atoms with Crippen molar-refractivity contribution in [1.29, 1.82) is 0 Å². The van der Waals surface area contributed by atoms with Crippen LogP contribution in [0.4, 0.5) is 20.3 Å². The second-order valence-corrected chi connectivity index (χ2v) is 17.9. The van der Waals surface area contributed by atoms with E-state index in [2.05, 4.69) is 42.5 Å². The summed E-state index contributed by atoms with van der Waals surface area (Å²) >= 11 is 0. The van der Waals surface area contributed by atoms with Gasteiger partial charge in [0.15, 0.2) is 11.3 Å². The third-order valence-electron chi connectivity index (χ3n) is 13.9. The minimum absolute atomic E-state index is 0.00141. The minimum atomic E-state index is -2.85. The summed E-state index contributed by atoms with van der Waals surface area (Å²) in [6.45, 7) is 4.47. The second-order valence-electron chi connectivity index (χ2n) is 17.9. The number of halogens is 2. The van der Waals surface area contributed by atoms with Gasteiger partial charge in [-0.05, 0) is 101 Å². The molecule has 5 aliphatic rings. The molecule has 10 rings (SSSR count). The van der Waals surface area contributed by atoms with E-state index in [9.17, 15) is 28.0 Å². The van der Waals surface area contributed by atoms with Crippen molar-refractivity contribution in [3.63, 3.8) is 0 Å². The average Bonchev–Trinajstić information content (AvgIpc) is 4.13. The van der Waals surface area contributed by atoms with E-state index in [4.69, 9.17) is 9.72 Å². The second kappa shape index (κ2) is 17.0. The lowest BCUT2D eigenvalue weighted by molar-refractivity contribution is -0.135. The Labute approximate surface area is 361 Å². The molecule has 330 valence electrons. The predicted molar refractivity (Wildman–Crippen MR) is 228 cm³/mol. The Morgan fingerprint density at radius 2 is 1.86 bits per heavy atom. The summed E-state index contributed by atoms with van der Waals surface area (Å²) in [6.07, 6.45) is 11.0. The smallest absolute Gasteiger partial charge is 0.329 e. The summed E-state index contributed by atoms with van der Waals surface area (Å²) in [4.78, 5) is 60.6. The summed E-state index contributed by atoms with van der Waals surface area (Å²) in [5.74, 6) is 7.13. The van der Waals surface area contributed by atoms with Gasteiger partial charge in [0.1, 0.15) is 17.4 Å². The lowest BCUT2D eigenvalue weighted by atomic mass is 9.85. The van der Waals surface area contributed by atoms with Crippen LogP contribution in [0.15, 0.2) is 47.7 Å². The average molecular weight is 864 g/mol. The SMILES string of the molecule is Cn1c(=O)n(C2CCC(=O)NC2=O)c2cccc(C#CCCC3CCN(CC4CCC(n5cc(NC(=O)c6cnn7ccc(N8C[C@H]9C[C@@H]8CO9)nc67)c(C(F)F)n5)CC4)CC3)c21. The van der Waals surface area contributed by atoms with Gasteiger partial charge in [0.25, 0.3) is 12.3 Å². The third kappa shape index (κ3) is 8.01. The number of nitrogens with zero attached hydrogens (tertiary/aromatic N) is 9. The number of morpholine rings is 1. The number of alkyl halides is 2. The highest BCUT2D eigenvalue weighted by atomic mass is 19.3. The summed E-state index contributed by atoms with van der Waals surface area (Å²) in [5, 5.41) is 13.6. The number of likely N-dealkylation sites (tertiary alicyclic amines) is 1. The van der Waals surface area contributed by atoms with Gasteiger partial charge in [0.2, 0.25) is 11.8 Å². The van der Waals surface area contributed by atoms with Gasteiger partial charge in [-0.15, -0.1) is 0 Å². The maximum Gasteiger partial charge on any atom is 0.329 e. The lowest BCUT2D eigenvalue weighted by Gasteiger charge is -2.36. The largest absolute Gasteiger partial charge is 0.374 e. The highest BCUT2D eigenvalue weighted by molar-refractivity contribution is 6.08. The van der Waals surface area contributed by atoms with Gasteiger partial charge >= 0.3 is 5.69 Å². The molecule has 4 aliphatic heterocycles. The number of carbonyl (C=O) groups is 3. The Morgan fingerprint density at radius 3 is 2.60 bits per heavy atom. The van der Waals surface area contributed by atoms with Crippen molar-refractivity contribution in [3.05, 3.63) is 70.2 Å². The number of rotatable bonds is 10. The monoisotopic (exact) mass is 863 g/mol. The molecule has 16 nitrogen and oxygen atoms in total. The third-order valence-corrected chi connectivity index (χ3v) is 13.9. The molecule has 1 saturated carbocycles. The van der Waals surface area contributed by atoms with Crippen LogP contribution in [-0.2, 0) is 21.4 Å². The molecule has 1 unspecified atom stereocenters. The molecular weight excluding hydrogens is 813 g/mol. The molecule has 4 aromatic heterocycles. The number of anilines is 2. The molecule has 63 heavy (non-hydrogen) atoms. The number of aryl methyl sites for hydroxylation is 1. The van der Waals surface area contributed by atoms with Crippen LogP contribution in [0.5, 0.6) is 0 Å². The number of ether oxygens (including phenoxy) is 1. The molecule has 0 spiro atoms. The molecule has 1 aliphatic carbocycles. The Hall–Kier alpha value is -5.93. The van der Waals surface area contributed by atoms with Crippen molar-refractivity contribution in [1.82, 2.24) is 43.7 Å². The highest BCUT2D eigenvalue weighted by Crippen LogP contribution is 2.37. The van der Waals surface area contributed by atoms with Crippen molar-refractivity contribution in [2.75, 3.05) is 43.0 Å². The molecular formula is C45H51F2N11O5. The van der Waals surface area contributed by atoms with E-state index in [1.807, 2.05) is 24.3 Å². The zero-order valence-corrected chi connectivity index (χ0v) is 35.2. The van der Waals surface area contributed by atoms with Crippen LogP contribution in [0.2, 0.25) is 0 Å². The summed E-state index contributed by atoms with van der Waals surface area (Å²) < 4.78 is 40.5. The Morgan fingerprint density at radius 1 is 1.03 bits per heavy atom. The van der Waals surface area contributed by atoms with E-state index in [-0.39, 0.29) is 53.9 Å². The van der Waals surface area contributed by atoms with Gasteiger partial charge in [0.05, 0.1) is 53.3 Å². The first-order valence-corrected chi connectivity index (χ1v) is 22.2. The van der Waals surface area contributed by atoms with Crippen LogP contribution in [-0.4, -0.2) is 101 Å². The molecule has 4 saturated heterocycles. The number of imide groups is 1. The molecule has 0 radical (unpaired) electrons. The Kier molecular flexibility index (Phi) is 11.1. The fourth-order valence-corrected chi connectivity index (χ4v) is 10.5. The first-order chi connectivity index (χ1) is 30.6. The van der Waals surface area contributed by atoms with Crippen molar-refractivity contribution >= 4 is 45.9 Å². The lowest BCUT2D eigenvalue weighted by Crippen LogP contribution is -2.44. The van der Waals surface area contributed by atoms with E-state index in [0.29, 0.717) is 35.1 Å². The molecule has 8 heterocycles. The minimum Gasteiger partial charge on any atom is -0.374 e. The van der Waals surface area contributed by atoms with E-state index >= 15 is 0 Å². The number of amides is 3. The number of carbonyl (C=O) groups excluding carboxylic acids is 3. The van der Waals surface area contributed by atoms with Gasteiger partial charge in [-0.25, -0.2) is 23.1 Å². The summed E-state index contributed by atoms with van der Waals surface area (Å²) in [7, 11) is 1.69. The molecule has 2 bridgehead atoms. The van der Waals surface area contributed by atoms with E-state index in [1.165, 1.54) is 19.8 Å². The number of piperidine rings is 2. The quantitative estimate of drug-likeness (QED) is 0.144. The van der Waals surface area contributed by atoms with Gasteiger partial charge in [-0.1, -0.05) is 17.9 Å². The Balaban J connectivity index is 0.700. The fourth-order valence-electron chi connectivity index (χ4n) is 10.5. The summed E-state index contributed by atoms with van der Waals surface area (Å²) in [6, 6.07) is 6.91. The number of para-hydroxylation sites is 1. The molecule has 1 aromatic carbocycles. The zero-order valence-electron chi connectivity index (χ0n) is 35.2. The van der Waals surface area contributed by atoms with Crippen molar-refractivity contribution in [2.24, 2.45) is 18.9 Å². The van der Waals surface area contributed by atoms with Crippen LogP contribution in [0.3, 0.4) is 0 Å². The normalized spacial score (nSPS) is 24.4. The van der Waals surface area contributed by atoms with E-state index in [1.54, 1.807) is 24.1 Å². The number of imidazole rings is 1. The first-order valence-electron chi connectivity index (χ1n) is 22.2. The van der Waals surface area contributed by atoms with Crippen LogP contribution in [0.25, 0.3) is 16.7 Å². The Bertz CT molecular complexity index is 2690. The highest BCUT2D eigenvalue weighted by Gasteiger charge is 2.40. The number of aromatic nitrogens is 7. The standard InChI is InChI=1S/C45H51F2N11O5/c1-53-40-29(7-4-8-35(40)58(45(53)62)36-13-14-38(59)51-44(36)61)6-3-2-5-27-15-18-54(19-16-27)23-28-9-11-30(12-10-28)57-25-34(39(52-57)41(46)47)49-43(60)33-22-48-56-20-17-37(50-42(33)56)55-24-32-21-31(55)26-63-32/h4,7-8,17,20,22,25,27-28,30-32,36,41H,2,5,9-16,18-19,21,23-24,26H2,1H3,(H,49,60)(H,51,59,61)/t28?,30?,31-,32-,36?/m1/s1. The fraction of sp³-hybridized carbons (Fsp3) is 0.533. The first kappa shape index (κ1) is 41.1. The molecule has 5 fully saturated rings. The van der Waals surface area contributed by atoms with Gasteiger partial charge in [-0.3, -0.25) is 33.5 Å². The number of benzene rings is 1. The van der Waals surface area contributed by atoms with Gasteiger partial charge < -0.3 is 19.9 Å². The molecule has 3 atom stereocenters. The number of hydrogen-bond donors (Lipinski definition) is 2. The molecule has 18 heteroatoms. The number of fused-ring (bicyclic) bond motifs is 4. The predicted octanol–water partition coefficient (Wildman–Crippen LogP) is 5.00. The summed E-state index contributed by atoms with van der Waals surface area (Å²) in [5.41, 5.74) is 1.87. The van der Waals surface area contributed by atoms with Crippen LogP contribution < -0.4 is 21.2 Å². The number of hydrogen-bond acceptors (Lipinski definition) is 10. The van der Waals surface area contributed by atoms with Crippen LogP contribution in [0, 0.1) is 23.7 Å². The van der Waals surface area contributed by atoms with Crippen LogP contribution >= 0.6 is 0 Å². The zero-order chi connectivity index (χ0) is 43.4. The maximum atomic E-state index is 14.3. The molecule has 5 aromatic rings. The van der Waals surface area contributed by atoms with Crippen LogP contribution in [0.1, 0.15) is 111 Å². The van der Waals surface area contributed by atoms with Gasteiger partial charge in [-0.2, -0.15) is 10.2 Å². The molecule has 3 amide bonds. The van der Waals surface area contributed by atoms with Crippen molar-refractivity contribution in [2.45, 2.75) is 101 Å². The number of nitrogens with one attached hydrogen (secondary N) is 2. The molecule has 2 N–H and O–H groups in total. The van der Waals surface area contributed by atoms with Gasteiger partial charge in [0, 0.05) is 45.4 Å². The van der Waals surface area contributed by atoms with Crippen molar-refractivity contribution < 1.29 is 27.9 Å². The maximum absolute atomic E-state index is 14.3. The van der Waals surface area contributed by atoms with Crippen molar-refractivity contribution in [3.8, 4) is 11.8 Å².